The number of aromatic nitrogens is 2. The van der Waals surface area contributed by atoms with Crippen LogP contribution in [0.15, 0.2) is 48.7 Å². The van der Waals surface area contributed by atoms with E-state index in [0.29, 0.717) is 43.0 Å². The molecular formula is C21H18F3N3O2. The third-order valence-electron chi connectivity index (χ3n) is 4.94. The molecule has 2 N–H and O–H groups in total. The van der Waals surface area contributed by atoms with Crippen molar-refractivity contribution in [3.8, 4) is 22.9 Å². The van der Waals surface area contributed by atoms with Crippen LogP contribution >= 0.6 is 0 Å². The second-order valence-corrected chi connectivity index (χ2v) is 7.01. The molecule has 5 nitrogen and oxygen atoms in total. The van der Waals surface area contributed by atoms with E-state index in [1.165, 1.54) is 30.3 Å². The predicted octanol–water partition coefficient (Wildman–Crippen LogP) is 4.13. The molecule has 2 aromatic carbocycles. The zero-order valence-corrected chi connectivity index (χ0v) is 15.3. The summed E-state index contributed by atoms with van der Waals surface area (Å²) in [6, 6.07) is 9.25. The van der Waals surface area contributed by atoms with Gasteiger partial charge in [-0.25, -0.2) is 9.97 Å². The summed E-state index contributed by atoms with van der Waals surface area (Å²) in [5, 5.41) is 19.6. The molecule has 0 radical (unpaired) electrons. The number of phenolic OH excluding ortho intramolecular Hbond substituents is 2. The second kappa shape index (κ2) is 7.36. The van der Waals surface area contributed by atoms with Crippen LogP contribution in [0.4, 0.5) is 13.2 Å². The number of nitrogens with zero attached hydrogens (tertiary/aromatic N) is 3. The molecule has 3 aromatic rings. The molecule has 0 bridgehead atoms. The Labute approximate surface area is 165 Å². The molecule has 0 saturated heterocycles. The molecule has 0 atom stereocenters. The Hall–Kier alpha value is -3.13. The highest BCUT2D eigenvalue weighted by atomic mass is 19.4. The van der Waals surface area contributed by atoms with E-state index in [9.17, 15) is 23.4 Å². The summed E-state index contributed by atoms with van der Waals surface area (Å²) in [4.78, 5) is 11.0. The van der Waals surface area contributed by atoms with Gasteiger partial charge in [0.15, 0.2) is 5.82 Å². The van der Waals surface area contributed by atoms with Crippen LogP contribution in [0.1, 0.15) is 22.4 Å². The van der Waals surface area contributed by atoms with E-state index < -0.39 is 11.7 Å². The number of alkyl halides is 3. The Morgan fingerprint density at radius 3 is 2.52 bits per heavy atom. The van der Waals surface area contributed by atoms with Crippen molar-refractivity contribution in [1.82, 2.24) is 14.9 Å². The standard InChI is InChI=1S/C21H18F3N3O2/c22-21(23,24)16-3-1-13(2-4-16)20-25-10-15-12-27(8-7-18(15)26-20)11-14-9-17(28)5-6-19(14)29/h1-6,9-10,28-29H,7-8,11-12H2. The van der Waals surface area contributed by atoms with Crippen molar-refractivity contribution in [2.24, 2.45) is 0 Å². The summed E-state index contributed by atoms with van der Waals surface area (Å²) in [5.74, 6) is 0.624. The van der Waals surface area contributed by atoms with Gasteiger partial charge in [-0.2, -0.15) is 13.2 Å². The van der Waals surface area contributed by atoms with E-state index in [-0.39, 0.29) is 11.5 Å². The first-order valence-corrected chi connectivity index (χ1v) is 9.05. The zero-order chi connectivity index (χ0) is 20.6. The number of fused-ring (bicyclic) bond motifs is 1. The lowest BCUT2D eigenvalue weighted by Crippen LogP contribution is -2.31. The average Bonchev–Trinajstić information content (AvgIpc) is 2.70. The van der Waals surface area contributed by atoms with Gasteiger partial charge in [0.05, 0.1) is 11.3 Å². The van der Waals surface area contributed by atoms with Crippen molar-refractivity contribution in [3.63, 3.8) is 0 Å². The minimum absolute atomic E-state index is 0.0970. The predicted molar refractivity (Wildman–Crippen MR) is 100 cm³/mol. The summed E-state index contributed by atoms with van der Waals surface area (Å²) in [6.07, 6.45) is -2.02. The first-order valence-electron chi connectivity index (χ1n) is 9.05. The third-order valence-corrected chi connectivity index (χ3v) is 4.94. The van der Waals surface area contributed by atoms with Gasteiger partial charge in [0.25, 0.3) is 0 Å². The Kier molecular flexibility index (Phi) is 4.87. The van der Waals surface area contributed by atoms with Crippen LogP contribution in [-0.4, -0.2) is 31.6 Å². The van der Waals surface area contributed by atoms with Crippen LogP contribution in [-0.2, 0) is 25.7 Å². The van der Waals surface area contributed by atoms with Crippen molar-refractivity contribution >= 4 is 0 Å². The fraction of sp³-hybridized carbons (Fsp3) is 0.238. The average molecular weight is 401 g/mol. The van der Waals surface area contributed by atoms with Gasteiger partial charge >= 0.3 is 6.18 Å². The van der Waals surface area contributed by atoms with Gasteiger partial charge in [0, 0.05) is 48.9 Å². The number of benzene rings is 2. The van der Waals surface area contributed by atoms with Crippen LogP contribution in [0.25, 0.3) is 11.4 Å². The summed E-state index contributed by atoms with van der Waals surface area (Å²) in [6.45, 7) is 1.75. The highest BCUT2D eigenvalue weighted by Gasteiger charge is 2.30. The largest absolute Gasteiger partial charge is 0.508 e. The quantitative estimate of drug-likeness (QED) is 0.646. The molecule has 0 aliphatic carbocycles. The van der Waals surface area contributed by atoms with E-state index in [2.05, 4.69) is 14.9 Å². The molecule has 0 amide bonds. The lowest BCUT2D eigenvalue weighted by Gasteiger charge is -2.28. The van der Waals surface area contributed by atoms with Gasteiger partial charge in [-0.3, -0.25) is 4.90 Å². The van der Waals surface area contributed by atoms with Gasteiger partial charge in [0.2, 0.25) is 0 Å². The van der Waals surface area contributed by atoms with Crippen molar-refractivity contribution < 1.29 is 23.4 Å². The number of halogens is 3. The van der Waals surface area contributed by atoms with E-state index in [0.717, 1.165) is 23.4 Å². The second-order valence-electron chi connectivity index (χ2n) is 7.01. The SMILES string of the molecule is Oc1ccc(O)c(CN2CCc3nc(-c4ccc(C(F)(F)F)cc4)ncc3C2)c1. The molecule has 1 aliphatic rings. The Morgan fingerprint density at radius 1 is 1.03 bits per heavy atom. The Morgan fingerprint density at radius 2 is 1.79 bits per heavy atom. The van der Waals surface area contributed by atoms with Gasteiger partial charge in [-0.05, 0) is 30.3 Å². The van der Waals surface area contributed by atoms with Crippen molar-refractivity contribution in [3.05, 3.63) is 71.0 Å². The lowest BCUT2D eigenvalue weighted by atomic mass is 10.0. The monoisotopic (exact) mass is 401 g/mol. The van der Waals surface area contributed by atoms with Gasteiger partial charge in [-0.1, -0.05) is 12.1 Å². The van der Waals surface area contributed by atoms with Crippen LogP contribution in [0.3, 0.4) is 0 Å². The number of hydrogen-bond acceptors (Lipinski definition) is 5. The fourth-order valence-electron chi connectivity index (χ4n) is 3.40. The van der Waals surface area contributed by atoms with Crippen LogP contribution in [0, 0.1) is 0 Å². The molecule has 1 aromatic heterocycles. The maximum Gasteiger partial charge on any atom is 0.416 e. The Bertz CT molecular complexity index is 1040. The highest BCUT2D eigenvalue weighted by molar-refractivity contribution is 5.56. The first kappa shape index (κ1) is 19.2. The molecule has 1 aliphatic heterocycles. The summed E-state index contributed by atoms with van der Waals surface area (Å²) in [5.41, 5.74) is 2.27. The molecule has 0 unspecified atom stereocenters. The molecule has 8 heteroatoms. The van der Waals surface area contributed by atoms with Crippen molar-refractivity contribution in [2.45, 2.75) is 25.7 Å². The van der Waals surface area contributed by atoms with E-state index in [1.54, 1.807) is 6.20 Å². The number of rotatable bonds is 3. The number of aromatic hydroxyl groups is 2. The van der Waals surface area contributed by atoms with Crippen LogP contribution in [0.2, 0.25) is 0 Å². The first-order chi connectivity index (χ1) is 13.8. The molecular weight excluding hydrogens is 383 g/mol. The molecule has 150 valence electrons. The smallest absolute Gasteiger partial charge is 0.416 e. The number of phenols is 2. The fourth-order valence-corrected chi connectivity index (χ4v) is 3.40. The minimum Gasteiger partial charge on any atom is -0.508 e. The zero-order valence-electron chi connectivity index (χ0n) is 15.3. The van der Waals surface area contributed by atoms with Crippen LogP contribution in [0.5, 0.6) is 11.5 Å². The number of hydrogen-bond donors (Lipinski definition) is 2. The topological polar surface area (TPSA) is 69.5 Å². The van der Waals surface area contributed by atoms with Crippen LogP contribution < -0.4 is 0 Å². The maximum atomic E-state index is 12.7. The van der Waals surface area contributed by atoms with Crippen molar-refractivity contribution in [1.29, 1.82) is 0 Å². The normalized spacial score (nSPS) is 14.6. The molecule has 0 spiro atoms. The molecule has 0 saturated carbocycles. The Balaban J connectivity index is 1.50. The molecule has 4 rings (SSSR count). The molecule has 2 heterocycles. The van der Waals surface area contributed by atoms with E-state index >= 15 is 0 Å². The summed E-state index contributed by atoms with van der Waals surface area (Å²) < 4.78 is 38.2. The highest BCUT2D eigenvalue weighted by Crippen LogP contribution is 2.31. The molecule has 29 heavy (non-hydrogen) atoms. The van der Waals surface area contributed by atoms with Gasteiger partial charge < -0.3 is 10.2 Å². The maximum absolute atomic E-state index is 12.7. The molecule has 0 fully saturated rings. The van der Waals surface area contributed by atoms with Gasteiger partial charge in [-0.15, -0.1) is 0 Å². The minimum atomic E-state index is -4.37. The van der Waals surface area contributed by atoms with E-state index in [4.69, 9.17) is 0 Å². The lowest BCUT2D eigenvalue weighted by molar-refractivity contribution is -0.137. The van der Waals surface area contributed by atoms with E-state index in [1.807, 2.05) is 0 Å². The van der Waals surface area contributed by atoms with Crippen molar-refractivity contribution in [2.75, 3.05) is 6.54 Å². The summed E-state index contributed by atoms with van der Waals surface area (Å²) >= 11 is 0. The third kappa shape index (κ3) is 4.17. The summed E-state index contributed by atoms with van der Waals surface area (Å²) in [7, 11) is 0. The van der Waals surface area contributed by atoms with Gasteiger partial charge in [0.1, 0.15) is 11.5 Å².